The summed E-state index contributed by atoms with van der Waals surface area (Å²) in [5.74, 6) is 0.686. The molecule has 1 saturated carbocycles. The molecule has 3 fully saturated rings. The minimum Gasteiger partial charge on any atom is -0.462 e. The summed E-state index contributed by atoms with van der Waals surface area (Å²) in [6.45, 7) is 0.266. The molecule has 0 aromatic carbocycles. The van der Waals surface area contributed by atoms with E-state index >= 15 is 0 Å². The van der Waals surface area contributed by atoms with Gasteiger partial charge in [-0.3, -0.25) is 9.59 Å². The molecule has 4 atom stereocenters. The molecule has 1 aliphatic carbocycles. The molecule has 4 nitrogen and oxygen atoms in total. The van der Waals surface area contributed by atoms with E-state index in [-0.39, 0.29) is 30.6 Å². The van der Waals surface area contributed by atoms with Crippen LogP contribution in [0.4, 0.5) is 0 Å². The summed E-state index contributed by atoms with van der Waals surface area (Å²) in [5, 5.41) is 0. The largest absolute Gasteiger partial charge is 0.462 e. The molecular weight excluding hydrogens is 184 g/mol. The van der Waals surface area contributed by atoms with Crippen molar-refractivity contribution in [2.24, 2.45) is 17.8 Å². The van der Waals surface area contributed by atoms with E-state index in [1.165, 1.54) is 0 Å². The molecule has 3 rings (SSSR count). The van der Waals surface area contributed by atoms with Crippen LogP contribution in [-0.2, 0) is 19.1 Å². The van der Waals surface area contributed by atoms with Gasteiger partial charge in [-0.2, -0.15) is 0 Å². The number of hydrogen-bond acceptors (Lipinski definition) is 4. The summed E-state index contributed by atoms with van der Waals surface area (Å²) < 4.78 is 10.2. The summed E-state index contributed by atoms with van der Waals surface area (Å²) in [4.78, 5) is 22.4. The zero-order valence-corrected chi connectivity index (χ0v) is 7.77. The topological polar surface area (TPSA) is 52.6 Å². The predicted octanol–water partition coefficient (Wildman–Crippen LogP) is 0.501. The van der Waals surface area contributed by atoms with Gasteiger partial charge in [0.2, 0.25) is 0 Å². The van der Waals surface area contributed by atoms with E-state index in [0.717, 1.165) is 12.8 Å². The lowest BCUT2D eigenvalue weighted by Gasteiger charge is -2.40. The van der Waals surface area contributed by atoms with E-state index in [1.807, 2.05) is 0 Å². The van der Waals surface area contributed by atoms with Crippen LogP contribution in [0.3, 0.4) is 0 Å². The van der Waals surface area contributed by atoms with Gasteiger partial charge in [0, 0.05) is 12.3 Å². The molecule has 0 N–H and O–H groups in total. The number of rotatable bonds is 0. The highest BCUT2D eigenvalue weighted by atomic mass is 16.6. The van der Waals surface area contributed by atoms with E-state index in [0.29, 0.717) is 18.3 Å². The number of esters is 2. The fourth-order valence-corrected chi connectivity index (χ4v) is 2.91. The Labute approximate surface area is 81.6 Å². The van der Waals surface area contributed by atoms with E-state index in [2.05, 4.69) is 0 Å². The molecule has 2 aliphatic heterocycles. The molecule has 0 radical (unpaired) electrons. The molecule has 76 valence electrons. The summed E-state index contributed by atoms with van der Waals surface area (Å²) in [6, 6.07) is 0. The first-order valence-corrected chi connectivity index (χ1v) is 5.12. The lowest BCUT2D eigenvalue weighted by molar-refractivity contribution is -0.155. The van der Waals surface area contributed by atoms with Crippen molar-refractivity contribution in [1.82, 2.24) is 0 Å². The van der Waals surface area contributed by atoms with Crippen molar-refractivity contribution in [2.75, 3.05) is 6.61 Å². The van der Waals surface area contributed by atoms with Crippen LogP contribution in [0.25, 0.3) is 0 Å². The molecular formula is C10H12O4. The Morgan fingerprint density at radius 1 is 1.29 bits per heavy atom. The molecule has 3 aliphatic rings. The normalized spacial score (nSPS) is 45.4. The van der Waals surface area contributed by atoms with Crippen LogP contribution in [0, 0.1) is 17.8 Å². The van der Waals surface area contributed by atoms with Crippen LogP contribution < -0.4 is 0 Å². The number of carbonyl (C=O) groups excluding carboxylic acids is 2. The van der Waals surface area contributed by atoms with E-state index in [1.54, 1.807) is 0 Å². The zero-order valence-electron chi connectivity index (χ0n) is 7.77. The first-order chi connectivity index (χ1) is 6.75. The van der Waals surface area contributed by atoms with Crippen molar-refractivity contribution in [3.8, 4) is 0 Å². The third kappa shape index (κ3) is 0.996. The van der Waals surface area contributed by atoms with Gasteiger partial charge in [-0.15, -0.1) is 0 Å². The summed E-state index contributed by atoms with van der Waals surface area (Å²) in [6.07, 6.45) is 2.10. The Morgan fingerprint density at radius 2 is 2.14 bits per heavy atom. The van der Waals surface area contributed by atoms with Gasteiger partial charge in [0.25, 0.3) is 0 Å². The Kier molecular flexibility index (Phi) is 1.60. The first-order valence-electron chi connectivity index (χ1n) is 5.12. The van der Waals surface area contributed by atoms with Crippen LogP contribution >= 0.6 is 0 Å². The smallest absolute Gasteiger partial charge is 0.309 e. The lowest BCUT2D eigenvalue weighted by atomic mass is 9.62. The van der Waals surface area contributed by atoms with Gasteiger partial charge in [-0.05, 0) is 18.8 Å². The quantitative estimate of drug-likeness (QED) is 0.529. The molecule has 0 amide bonds. The Balaban J connectivity index is 1.81. The Bertz CT molecular complexity index is 298. The fraction of sp³-hybridized carbons (Fsp3) is 0.800. The second-order valence-electron chi connectivity index (χ2n) is 4.38. The predicted molar refractivity (Wildman–Crippen MR) is 45.2 cm³/mol. The van der Waals surface area contributed by atoms with Crippen molar-refractivity contribution in [2.45, 2.75) is 25.4 Å². The summed E-state index contributed by atoms with van der Waals surface area (Å²) in [7, 11) is 0. The number of hydrogen-bond donors (Lipinski definition) is 0. The van der Waals surface area contributed by atoms with Crippen molar-refractivity contribution in [3.05, 3.63) is 0 Å². The maximum atomic E-state index is 11.3. The highest BCUT2D eigenvalue weighted by Crippen LogP contribution is 2.51. The molecule has 2 heterocycles. The Morgan fingerprint density at radius 3 is 3.00 bits per heavy atom. The fourth-order valence-electron chi connectivity index (χ4n) is 2.91. The molecule has 0 bridgehead atoms. The Hall–Kier alpha value is -1.06. The number of cyclic esters (lactones) is 1. The van der Waals surface area contributed by atoms with Crippen molar-refractivity contribution in [1.29, 1.82) is 0 Å². The molecule has 0 unspecified atom stereocenters. The van der Waals surface area contributed by atoms with Gasteiger partial charge in [0.1, 0.15) is 12.7 Å². The van der Waals surface area contributed by atoms with Gasteiger partial charge in [0.15, 0.2) is 0 Å². The summed E-state index contributed by atoms with van der Waals surface area (Å²) in [5.41, 5.74) is 0. The van der Waals surface area contributed by atoms with E-state index < -0.39 is 0 Å². The van der Waals surface area contributed by atoms with Crippen LogP contribution in [0.2, 0.25) is 0 Å². The molecule has 2 saturated heterocycles. The van der Waals surface area contributed by atoms with E-state index in [4.69, 9.17) is 9.47 Å². The first kappa shape index (κ1) is 8.26. The SMILES string of the molecule is O=C1CC[C@@H]2C[C@@H]3C(=O)O[C@H](CO1)[C@H]23. The second-order valence-corrected chi connectivity index (χ2v) is 4.38. The minimum atomic E-state index is -0.158. The highest BCUT2D eigenvalue weighted by molar-refractivity contribution is 5.77. The zero-order chi connectivity index (χ0) is 9.71. The molecule has 4 heteroatoms. The molecule has 0 aromatic heterocycles. The van der Waals surface area contributed by atoms with Crippen LogP contribution in [0.5, 0.6) is 0 Å². The van der Waals surface area contributed by atoms with Crippen molar-refractivity contribution in [3.63, 3.8) is 0 Å². The minimum absolute atomic E-state index is 0.0887. The van der Waals surface area contributed by atoms with Crippen molar-refractivity contribution < 1.29 is 19.1 Å². The molecule has 14 heavy (non-hydrogen) atoms. The monoisotopic (exact) mass is 196 g/mol. The third-order valence-corrected chi connectivity index (χ3v) is 3.69. The molecule has 0 aromatic rings. The van der Waals surface area contributed by atoms with Gasteiger partial charge in [-0.1, -0.05) is 0 Å². The van der Waals surface area contributed by atoms with Crippen LogP contribution in [0.15, 0.2) is 0 Å². The van der Waals surface area contributed by atoms with Gasteiger partial charge in [-0.25, -0.2) is 0 Å². The standard InChI is InChI=1S/C10H12O4/c11-8-2-1-5-3-6-9(5)7(4-13-8)14-10(6)12/h5-7,9H,1-4H2/t5-,6+,7-,9-/m1/s1. The lowest BCUT2D eigenvalue weighted by Crippen LogP contribution is -2.43. The third-order valence-electron chi connectivity index (χ3n) is 3.69. The van der Waals surface area contributed by atoms with Gasteiger partial charge >= 0.3 is 11.9 Å². The molecule has 0 spiro atoms. The highest BCUT2D eigenvalue weighted by Gasteiger charge is 2.56. The average molecular weight is 196 g/mol. The summed E-state index contributed by atoms with van der Waals surface area (Å²) >= 11 is 0. The van der Waals surface area contributed by atoms with Gasteiger partial charge in [0.05, 0.1) is 5.92 Å². The number of ether oxygens (including phenoxy) is 2. The maximum Gasteiger partial charge on any atom is 0.309 e. The second kappa shape index (κ2) is 2.72. The average Bonchev–Trinajstić information content (AvgIpc) is 2.31. The van der Waals surface area contributed by atoms with Crippen LogP contribution in [0.1, 0.15) is 19.3 Å². The van der Waals surface area contributed by atoms with Crippen LogP contribution in [-0.4, -0.2) is 24.6 Å². The van der Waals surface area contributed by atoms with Crippen molar-refractivity contribution >= 4 is 11.9 Å². The van der Waals surface area contributed by atoms with Gasteiger partial charge < -0.3 is 9.47 Å². The van der Waals surface area contributed by atoms with E-state index in [9.17, 15) is 9.59 Å². The number of carbonyl (C=O) groups is 2. The maximum absolute atomic E-state index is 11.3.